The van der Waals surface area contributed by atoms with Crippen molar-refractivity contribution in [2.24, 2.45) is 0 Å². The van der Waals surface area contributed by atoms with Gasteiger partial charge in [-0.3, -0.25) is 4.98 Å². The maximum atomic E-state index is 13.4. The number of hydrogen-bond acceptors (Lipinski definition) is 3. The largest absolute Gasteiger partial charge is 0.253 e. The van der Waals surface area contributed by atoms with Crippen molar-refractivity contribution in [1.82, 2.24) is 4.98 Å². The summed E-state index contributed by atoms with van der Waals surface area (Å²) < 4.78 is 13.4. The van der Waals surface area contributed by atoms with Crippen LogP contribution in [0.1, 0.15) is 0 Å². The van der Waals surface area contributed by atoms with Gasteiger partial charge in [0.25, 0.3) is 0 Å². The molecule has 4 heteroatoms. The molecule has 0 aliphatic heterocycles. The lowest BCUT2D eigenvalue weighted by atomic mass is 10.2. The van der Waals surface area contributed by atoms with E-state index in [9.17, 15) is 4.39 Å². The second kappa shape index (κ2) is 4.28. The number of nitriles is 1. The fourth-order valence-corrected chi connectivity index (χ4v) is 2.05. The molecule has 74 valence electrons. The Labute approximate surface area is 90.7 Å². The highest BCUT2D eigenvalue weighted by molar-refractivity contribution is 7.99. The van der Waals surface area contributed by atoms with Gasteiger partial charge in [-0.2, -0.15) is 5.26 Å². The molecule has 15 heavy (non-hydrogen) atoms. The van der Waals surface area contributed by atoms with Gasteiger partial charge in [0.05, 0.1) is 11.8 Å². The number of hydrogen-bond donors (Lipinski definition) is 0. The smallest absolute Gasteiger partial charge is 0.149 e. The number of halogens is 1. The molecule has 2 nitrogen and oxygen atoms in total. The maximum absolute atomic E-state index is 13.4. The van der Waals surface area contributed by atoms with Gasteiger partial charge in [0.2, 0.25) is 0 Å². The zero-order chi connectivity index (χ0) is 10.7. The summed E-state index contributed by atoms with van der Waals surface area (Å²) in [4.78, 5) is 4.87. The Morgan fingerprint density at radius 1 is 1.40 bits per heavy atom. The molecule has 0 bridgehead atoms. The number of thioether (sulfide) groups is 1. The highest BCUT2D eigenvalue weighted by atomic mass is 32.2. The molecular formula is C11H7FN2S. The van der Waals surface area contributed by atoms with Crippen LogP contribution in [-0.2, 0) is 0 Å². The minimum Gasteiger partial charge on any atom is -0.253 e. The van der Waals surface area contributed by atoms with Crippen LogP contribution in [0.2, 0.25) is 0 Å². The van der Waals surface area contributed by atoms with Gasteiger partial charge in [0, 0.05) is 16.5 Å². The topological polar surface area (TPSA) is 36.7 Å². The van der Waals surface area contributed by atoms with Crippen LogP contribution < -0.4 is 0 Å². The standard InChI is InChI=1S/C11H7FN2S/c12-9-3-1-2-8-10(15-7-5-13)4-6-14-11(8)9/h1-4,6H,7H2. The molecule has 0 amide bonds. The molecule has 0 aliphatic rings. The fourth-order valence-electron chi connectivity index (χ4n) is 1.35. The summed E-state index contributed by atoms with van der Waals surface area (Å²) in [6.45, 7) is 0. The summed E-state index contributed by atoms with van der Waals surface area (Å²) in [6, 6.07) is 8.68. The first kappa shape index (κ1) is 9.94. The van der Waals surface area contributed by atoms with Gasteiger partial charge in [0.15, 0.2) is 0 Å². The predicted molar refractivity (Wildman–Crippen MR) is 58.0 cm³/mol. The lowest BCUT2D eigenvalue weighted by Crippen LogP contribution is -1.86. The molecule has 0 saturated carbocycles. The molecular weight excluding hydrogens is 211 g/mol. The molecule has 0 fully saturated rings. The Kier molecular flexibility index (Phi) is 2.84. The third-order valence-corrected chi connectivity index (χ3v) is 2.91. The Balaban J connectivity index is 2.57. The lowest BCUT2D eigenvalue weighted by molar-refractivity contribution is 0.636. The monoisotopic (exact) mass is 218 g/mol. The van der Waals surface area contributed by atoms with E-state index in [1.807, 2.05) is 12.1 Å². The van der Waals surface area contributed by atoms with Gasteiger partial charge in [0.1, 0.15) is 11.3 Å². The first-order valence-corrected chi connectivity index (χ1v) is 5.34. The zero-order valence-electron chi connectivity index (χ0n) is 7.77. The fraction of sp³-hybridized carbons (Fsp3) is 0.0909. The van der Waals surface area contributed by atoms with Crippen molar-refractivity contribution in [2.45, 2.75) is 4.90 Å². The Morgan fingerprint density at radius 3 is 3.07 bits per heavy atom. The van der Waals surface area contributed by atoms with E-state index in [0.717, 1.165) is 10.3 Å². The lowest BCUT2D eigenvalue weighted by Gasteiger charge is -2.03. The van der Waals surface area contributed by atoms with Gasteiger partial charge >= 0.3 is 0 Å². The summed E-state index contributed by atoms with van der Waals surface area (Å²) in [5, 5.41) is 9.26. The normalized spacial score (nSPS) is 10.1. The third-order valence-electron chi connectivity index (χ3n) is 1.97. The van der Waals surface area contributed by atoms with Crippen LogP contribution in [0.5, 0.6) is 0 Å². The van der Waals surface area contributed by atoms with Crippen molar-refractivity contribution in [3.05, 3.63) is 36.3 Å². The second-order valence-corrected chi connectivity index (χ2v) is 3.91. The molecule has 0 spiro atoms. The quantitative estimate of drug-likeness (QED) is 0.727. The molecule has 0 N–H and O–H groups in total. The Bertz CT molecular complexity index is 534. The Hall–Kier alpha value is -1.60. The van der Waals surface area contributed by atoms with Crippen molar-refractivity contribution >= 4 is 22.7 Å². The molecule has 1 heterocycles. The van der Waals surface area contributed by atoms with Crippen LogP contribution in [0, 0.1) is 17.1 Å². The molecule has 0 unspecified atom stereocenters. The van der Waals surface area contributed by atoms with E-state index in [4.69, 9.17) is 5.26 Å². The molecule has 1 aromatic heterocycles. The summed E-state index contributed by atoms with van der Waals surface area (Å²) in [5.41, 5.74) is 0.362. The van der Waals surface area contributed by atoms with Crippen LogP contribution in [-0.4, -0.2) is 10.7 Å². The van der Waals surface area contributed by atoms with Crippen LogP contribution in [0.25, 0.3) is 10.9 Å². The highest BCUT2D eigenvalue weighted by Gasteiger charge is 2.05. The van der Waals surface area contributed by atoms with Crippen molar-refractivity contribution in [3.63, 3.8) is 0 Å². The van der Waals surface area contributed by atoms with Crippen molar-refractivity contribution in [3.8, 4) is 6.07 Å². The average molecular weight is 218 g/mol. The van der Waals surface area contributed by atoms with Gasteiger partial charge < -0.3 is 0 Å². The molecule has 0 atom stereocenters. The van der Waals surface area contributed by atoms with Crippen molar-refractivity contribution in [1.29, 1.82) is 5.26 Å². The van der Waals surface area contributed by atoms with E-state index in [1.165, 1.54) is 17.8 Å². The van der Waals surface area contributed by atoms with Crippen molar-refractivity contribution < 1.29 is 4.39 Å². The number of pyridine rings is 1. The molecule has 1 aromatic carbocycles. The molecule has 0 aliphatic carbocycles. The minimum absolute atomic E-state index is 0.327. The Morgan fingerprint density at radius 2 is 2.27 bits per heavy atom. The zero-order valence-corrected chi connectivity index (χ0v) is 8.59. The second-order valence-electron chi connectivity index (χ2n) is 2.89. The number of aromatic nitrogens is 1. The van der Waals surface area contributed by atoms with Gasteiger partial charge in [-0.15, -0.1) is 11.8 Å². The van der Waals surface area contributed by atoms with Gasteiger partial charge in [-0.1, -0.05) is 12.1 Å². The summed E-state index contributed by atoms with van der Waals surface area (Å²) >= 11 is 1.39. The maximum Gasteiger partial charge on any atom is 0.149 e. The number of nitrogens with zero attached hydrogens (tertiary/aromatic N) is 2. The molecule has 0 saturated heterocycles. The first-order chi connectivity index (χ1) is 7.33. The SMILES string of the molecule is N#CCSc1ccnc2c(F)cccc12. The summed E-state index contributed by atoms with van der Waals surface area (Å²) in [6.07, 6.45) is 1.56. The minimum atomic E-state index is -0.327. The van der Waals surface area contributed by atoms with Gasteiger partial charge in [-0.25, -0.2) is 4.39 Å². The van der Waals surface area contributed by atoms with E-state index in [-0.39, 0.29) is 5.82 Å². The number of fused-ring (bicyclic) bond motifs is 1. The summed E-state index contributed by atoms with van der Waals surface area (Å²) in [7, 11) is 0. The summed E-state index contributed by atoms with van der Waals surface area (Å²) in [5.74, 6) is 0.0298. The molecule has 2 aromatic rings. The van der Waals surface area contributed by atoms with Crippen LogP contribution in [0.4, 0.5) is 4.39 Å². The first-order valence-electron chi connectivity index (χ1n) is 4.36. The molecule has 0 radical (unpaired) electrons. The van der Waals surface area contributed by atoms with Crippen LogP contribution in [0.3, 0.4) is 0 Å². The van der Waals surface area contributed by atoms with E-state index >= 15 is 0 Å². The van der Waals surface area contributed by atoms with E-state index in [2.05, 4.69) is 4.98 Å². The number of para-hydroxylation sites is 1. The van der Waals surface area contributed by atoms with Crippen molar-refractivity contribution in [2.75, 3.05) is 5.75 Å². The number of rotatable bonds is 2. The van der Waals surface area contributed by atoms with Gasteiger partial charge in [-0.05, 0) is 12.1 Å². The van der Waals surface area contributed by atoms with E-state index < -0.39 is 0 Å². The average Bonchev–Trinajstić information content (AvgIpc) is 2.27. The van der Waals surface area contributed by atoms with Crippen LogP contribution in [0.15, 0.2) is 35.4 Å². The highest BCUT2D eigenvalue weighted by Crippen LogP contribution is 2.27. The van der Waals surface area contributed by atoms with E-state index in [1.54, 1.807) is 18.3 Å². The van der Waals surface area contributed by atoms with Crippen LogP contribution >= 0.6 is 11.8 Å². The van der Waals surface area contributed by atoms with E-state index in [0.29, 0.717) is 11.3 Å². The molecule has 2 rings (SSSR count). The number of benzene rings is 1. The predicted octanol–water partition coefficient (Wildman–Crippen LogP) is 2.99. The third kappa shape index (κ3) is 1.92.